The zero-order valence-corrected chi connectivity index (χ0v) is 14.7. The van der Waals surface area contributed by atoms with Gasteiger partial charge in [-0.15, -0.1) is 11.3 Å². The Balaban J connectivity index is 2.48. The van der Waals surface area contributed by atoms with Gasteiger partial charge in [0.1, 0.15) is 0 Å². The lowest BCUT2D eigenvalue weighted by molar-refractivity contribution is 0.573. The molecular weight excluding hydrogens is 272 g/mol. The molecule has 1 heteroatoms. The maximum Gasteiger partial charge on any atom is 0.0392 e. The first kappa shape index (κ1) is 14.6. The number of thiophene rings is 1. The fraction of sp³-hybridized carbons (Fsp3) is 0.400. The highest BCUT2D eigenvalue weighted by atomic mass is 32.1. The van der Waals surface area contributed by atoms with Crippen LogP contribution < -0.4 is 0 Å². The lowest BCUT2D eigenvalue weighted by atomic mass is 9.80. The van der Waals surface area contributed by atoms with Gasteiger partial charge in [-0.25, -0.2) is 0 Å². The van der Waals surface area contributed by atoms with Crippen molar-refractivity contribution < 1.29 is 0 Å². The Morgan fingerprint density at radius 1 is 0.762 bits per heavy atom. The topological polar surface area (TPSA) is 0 Å². The molecule has 0 saturated carbocycles. The van der Waals surface area contributed by atoms with Crippen molar-refractivity contribution in [3.8, 4) is 0 Å². The van der Waals surface area contributed by atoms with E-state index in [9.17, 15) is 0 Å². The molecule has 0 N–H and O–H groups in total. The summed E-state index contributed by atoms with van der Waals surface area (Å²) in [6, 6.07) is 13.6. The summed E-state index contributed by atoms with van der Waals surface area (Å²) in [5.41, 5.74) is 3.26. The van der Waals surface area contributed by atoms with Crippen molar-refractivity contribution >= 4 is 31.5 Å². The van der Waals surface area contributed by atoms with E-state index in [-0.39, 0.29) is 10.8 Å². The molecule has 21 heavy (non-hydrogen) atoms. The minimum absolute atomic E-state index is 0.167. The van der Waals surface area contributed by atoms with Crippen LogP contribution in [-0.4, -0.2) is 0 Å². The van der Waals surface area contributed by atoms with E-state index < -0.39 is 0 Å². The smallest absolute Gasteiger partial charge is 0.0392 e. The van der Waals surface area contributed by atoms with Crippen molar-refractivity contribution in [1.82, 2.24) is 0 Å². The summed E-state index contributed by atoms with van der Waals surface area (Å²) in [5.74, 6) is 0. The summed E-state index contributed by atoms with van der Waals surface area (Å²) in [7, 11) is 0. The molecule has 3 aromatic rings. The molecule has 0 fully saturated rings. The Hall–Kier alpha value is -1.34. The van der Waals surface area contributed by atoms with Gasteiger partial charge in [-0.1, -0.05) is 65.8 Å². The van der Waals surface area contributed by atoms with Crippen LogP contribution in [0.1, 0.15) is 52.7 Å². The van der Waals surface area contributed by atoms with Crippen molar-refractivity contribution in [3.63, 3.8) is 0 Å². The summed E-state index contributed by atoms with van der Waals surface area (Å²) in [6.07, 6.45) is 0. The Labute approximate surface area is 131 Å². The Bertz CT molecular complexity index is 807. The number of benzene rings is 2. The van der Waals surface area contributed by atoms with Crippen LogP contribution >= 0.6 is 11.3 Å². The highest BCUT2D eigenvalue weighted by Crippen LogP contribution is 2.42. The third-order valence-corrected chi connectivity index (χ3v) is 5.37. The fourth-order valence-electron chi connectivity index (χ4n) is 2.82. The van der Waals surface area contributed by atoms with E-state index in [0.717, 1.165) is 0 Å². The fourth-order valence-corrected chi connectivity index (χ4v) is 4.23. The monoisotopic (exact) mass is 296 g/mol. The average molecular weight is 296 g/mol. The predicted molar refractivity (Wildman–Crippen MR) is 96.7 cm³/mol. The number of rotatable bonds is 0. The van der Waals surface area contributed by atoms with Crippen molar-refractivity contribution in [1.29, 1.82) is 0 Å². The molecule has 0 atom stereocenters. The Morgan fingerprint density at radius 3 is 2.05 bits per heavy atom. The molecule has 0 nitrogen and oxygen atoms in total. The normalized spacial score (nSPS) is 13.2. The average Bonchev–Trinajstić information content (AvgIpc) is 2.73. The van der Waals surface area contributed by atoms with Crippen LogP contribution in [0.4, 0.5) is 0 Å². The van der Waals surface area contributed by atoms with Crippen LogP contribution in [0.5, 0.6) is 0 Å². The van der Waals surface area contributed by atoms with Crippen LogP contribution in [0.2, 0.25) is 0 Å². The molecule has 0 radical (unpaired) electrons. The second-order valence-electron chi connectivity index (χ2n) is 8.00. The predicted octanol–water partition coefficient (Wildman–Crippen LogP) is 6.65. The molecule has 0 aliphatic rings. The van der Waals surface area contributed by atoms with Gasteiger partial charge in [-0.3, -0.25) is 0 Å². The maximum absolute atomic E-state index is 2.43. The Kier molecular flexibility index (Phi) is 3.18. The van der Waals surface area contributed by atoms with E-state index in [2.05, 4.69) is 77.9 Å². The number of fused-ring (bicyclic) bond motifs is 3. The van der Waals surface area contributed by atoms with E-state index >= 15 is 0 Å². The lowest BCUT2D eigenvalue weighted by Crippen LogP contribution is -2.16. The molecule has 1 heterocycles. The minimum Gasteiger partial charge on any atom is -0.135 e. The molecule has 0 amide bonds. The Morgan fingerprint density at radius 2 is 1.43 bits per heavy atom. The lowest BCUT2D eigenvalue weighted by Gasteiger charge is -2.25. The summed E-state index contributed by atoms with van der Waals surface area (Å²) >= 11 is 1.93. The summed E-state index contributed by atoms with van der Waals surface area (Å²) in [6.45, 7) is 13.9. The zero-order chi connectivity index (χ0) is 15.4. The van der Waals surface area contributed by atoms with E-state index in [4.69, 9.17) is 0 Å². The molecule has 0 aliphatic carbocycles. The van der Waals surface area contributed by atoms with Crippen molar-refractivity contribution in [3.05, 3.63) is 47.5 Å². The molecule has 110 valence electrons. The van der Waals surface area contributed by atoms with Crippen LogP contribution in [0.15, 0.2) is 36.4 Å². The van der Waals surface area contributed by atoms with E-state index in [1.807, 2.05) is 11.3 Å². The van der Waals surface area contributed by atoms with Crippen LogP contribution in [0, 0.1) is 0 Å². The van der Waals surface area contributed by atoms with Gasteiger partial charge in [0, 0.05) is 20.2 Å². The first-order chi connectivity index (χ1) is 9.68. The third-order valence-electron chi connectivity index (χ3n) is 4.15. The molecule has 3 rings (SSSR count). The second-order valence-corrected chi connectivity index (χ2v) is 9.05. The van der Waals surface area contributed by atoms with E-state index in [0.29, 0.717) is 0 Å². The van der Waals surface area contributed by atoms with Gasteiger partial charge in [0.05, 0.1) is 0 Å². The molecule has 0 bridgehead atoms. The van der Waals surface area contributed by atoms with Gasteiger partial charge >= 0.3 is 0 Å². The van der Waals surface area contributed by atoms with Crippen LogP contribution in [0.25, 0.3) is 20.2 Å². The van der Waals surface area contributed by atoms with Gasteiger partial charge in [-0.2, -0.15) is 0 Å². The molecular formula is C20H24S. The van der Waals surface area contributed by atoms with Crippen LogP contribution in [-0.2, 0) is 10.8 Å². The molecule has 1 aromatic heterocycles. The van der Waals surface area contributed by atoms with Crippen molar-refractivity contribution in [2.24, 2.45) is 0 Å². The largest absolute Gasteiger partial charge is 0.135 e. The van der Waals surface area contributed by atoms with Gasteiger partial charge < -0.3 is 0 Å². The third kappa shape index (κ3) is 2.48. The van der Waals surface area contributed by atoms with Gasteiger partial charge in [0.25, 0.3) is 0 Å². The van der Waals surface area contributed by atoms with E-state index in [1.54, 1.807) is 0 Å². The molecule has 0 unspecified atom stereocenters. The van der Waals surface area contributed by atoms with E-state index in [1.165, 1.54) is 31.3 Å². The number of hydrogen-bond donors (Lipinski definition) is 0. The minimum atomic E-state index is 0.167. The SMILES string of the molecule is CC(C)(C)c1cc(C(C)(C)C)c2sc3ccccc3c2c1. The number of hydrogen-bond acceptors (Lipinski definition) is 1. The molecule has 0 aliphatic heterocycles. The summed E-state index contributed by atoms with van der Waals surface area (Å²) < 4.78 is 2.85. The van der Waals surface area contributed by atoms with Crippen molar-refractivity contribution in [2.75, 3.05) is 0 Å². The quantitative estimate of drug-likeness (QED) is 0.435. The highest BCUT2D eigenvalue weighted by Gasteiger charge is 2.23. The first-order valence-corrected chi connectivity index (χ1v) is 8.46. The standard InChI is InChI=1S/C20H24S/c1-19(2,3)13-11-15-14-9-7-8-10-17(14)21-18(15)16(12-13)20(4,5)6/h7-12H,1-6H3. The van der Waals surface area contributed by atoms with Crippen LogP contribution in [0.3, 0.4) is 0 Å². The van der Waals surface area contributed by atoms with Crippen molar-refractivity contribution in [2.45, 2.75) is 52.4 Å². The molecule has 2 aromatic carbocycles. The van der Waals surface area contributed by atoms with Gasteiger partial charge in [-0.05, 0) is 34.1 Å². The summed E-state index contributed by atoms with van der Waals surface area (Å²) in [4.78, 5) is 0. The zero-order valence-electron chi connectivity index (χ0n) is 13.9. The molecule has 0 spiro atoms. The second kappa shape index (κ2) is 4.58. The van der Waals surface area contributed by atoms with Gasteiger partial charge in [0.2, 0.25) is 0 Å². The van der Waals surface area contributed by atoms with Gasteiger partial charge in [0.15, 0.2) is 0 Å². The first-order valence-electron chi connectivity index (χ1n) is 7.64. The highest BCUT2D eigenvalue weighted by molar-refractivity contribution is 7.26. The maximum atomic E-state index is 2.43. The molecule has 0 saturated heterocycles. The summed E-state index contributed by atoms with van der Waals surface area (Å²) in [5, 5.41) is 2.82.